The molecule has 0 spiro atoms. The van der Waals surface area contributed by atoms with Crippen LogP contribution < -0.4 is 15.6 Å². The predicted octanol–water partition coefficient (Wildman–Crippen LogP) is 0.656. The van der Waals surface area contributed by atoms with Crippen molar-refractivity contribution < 1.29 is 9.53 Å². The number of anilines is 1. The molecule has 100 valence electrons. The van der Waals surface area contributed by atoms with Crippen molar-refractivity contribution in [3.63, 3.8) is 0 Å². The van der Waals surface area contributed by atoms with Crippen molar-refractivity contribution in [2.24, 2.45) is 0 Å². The lowest BCUT2D eigenvalue weighted by Gasteiger charge is -2.06. The maximum Gasteiger partial charge on any atom is 0.293 e. The molecule has 0 saturated carbocycles. The molecule has 1 N–H and O–H groups in total. The standard InChI is InChI=1S/C11H12N4O3S/c1-7-13-14-11(19-7)12-9(16)6-15-5-3-4-8(18-2)10(15)17/h3-5H,6H2,1-2H3,(H,12,14,16). The van der Waals surface area contributed by atoms with E-state index in [4.69, 9.17) is 4.74 Å². The summed E-state index contributed by atoms with van der Waals surface area (Å²) < 4.78 is 6.17. The third kappa shape index (κ3) is 3.16. The van der Waals surface area contributed by atoms with E-state index >= 15 is 0 Å². The Morgan fingerprint density at radius 1 is 1.53 bits per heavy atom. The smallest absolute Gasteiger partial charge is 0.293 e. The van der Waals surface area contributed by atoms with Crippen molar-refractivity contribution in [1.29, 1.82) is 0 Å². The lowest BCUT2D eigenvalue weighted by molar-refractivity contribution is -0.116. The normalized spacial score (nSPS) is 10.2. The highest BCUT2D eigenvalue weighted by atomic mass is 32.1. The van der Waals surface area contributed by atoms with Crippen LogP contribution in [0.2, 0.25) is 0 Å². The fourth-order valence-corrected chi connectivity index (χ4v) is 2.06. The van der Waals surface area contributed by atoms with Gasteiger partial charge in [0.05, 0.1) is 7.11 Å². The SMILES string of the molecule is COc1cccn(CC(=O)Nc2nnc(C)s2)c1=O. The van der Waals surface area contributed by atoms with Gasteiger partial charge in [-0.1, -0.05) is 11.3 Å². The van der Waals surface area contributed by atoms with Crippen LogP contribution in [0.15, 0.2) is 23.1 Å². The van der Waals surface area contributed by atoms with E-state index in [0.29, 0.717) is 5.13 Å². The third-order valence-corrected chi connectivity index (χ3v) is 3.05. The number of hydrogen-bond acceptors (Lipinski definition) is 6. The Hall–Kier alpha value is -2.22. The number of methoxy groups -OCH3 is 1. The van der Waals surface area contributed by atoms with Crippen molar-refractivity contribution in [1.82, 2.24) is 14.8 Å². The summed E-state index contributed by atoms with van der Waals surface area (Å²) in [4.78, 5) is 23.6. The molecule has 0 radical (unpaired) electrons. The first-order chi connectivity index (χ1) is 9.10. The third-order valence-electron chi connectivity index (χ3n) is 2.29. The molecule has 19 heavy (non-hydrogen) atoms. The summed E-state index contributed by atoms with van der Waals surface area (Å²) in [6.45, 7) is 1.69. The summed E-state index contributed by atoms with van der Waals surface area (Å²) in [5.74, 6) is -0.145. The van der Waals surface area contributed by atoms with Gasteiger partial charge in [0, 0.05) is 6.20 Å². The van der Waals surface area contributed by atoms with Gasteiger partial charge in [0.25, 0.3) is 5.56 Å². The van der Waals surface area contributed by atoms with Crippen LogP contribution in [0, 0.1) is 6.92 Å². The highest BCUT2D eigenvalue weighted by molar-refractivity contribution is 7.15. The molecule has 0 aliphatic heterocycles. The first-order valence-electron chi connectivity index (χ1n) is 5.43. The molecule has 0 saturated heterocycles. The molecular weight excluding hydrogens is 268 g/mol. The summed E-state index contributed by atoms with van der Waals surface area (Å²) in [5, 5.41) is 11.3. The number of hydrogen-bond donors (Lipinski definition) is 1. The van der Waals surface area contributed by atoms with Gasteiger partial charge in [0.1, 0.15) is 11.6 Å². The van der Waals surface area contributed by atoms with Crippen LogP contribution >= 0.6 is 11.3 Å². The number of nitrogens with one attached hydrogen (secondary N) is 1. The Labute approximate surface area is 112 Å². The van der Waals surface area contributed by atoms with E-state index in [1.165, 1.54) is 29.2 Å². The van der Waals surface area contributed by atoms with Crippen LogP contribution in [-0.4, -0.2) is 27.8 Å². The van der Waals surface area contributed by atoms with Crippen molar-refractivity contribution in [2.75, 3.05) is 12.4 Å². The van der Waals surface area contributed by atoms with Gasteiger partial charge in [-0.15, -0.1) is 10.2 Å². The van der Waals surface area contributed by atoms with Crippen LogP contribution in [0.25, 0.3) is 0 Å². The van der Waals surface area contributed by atoms with Crippen LogP contribution in [0.3, 0.4) is 0 Å². The molecule has 0 bridgehead atoms. The molecule has 2 aromatic rings. The molecule has 2 heterocycles. The Morgan fingerprint density at radius 3 is 2.95 bits per heavy atom. The average molecular weight is 280 g/mol. The largest absolute Gasteiger partial charge is 0.491 e. The van der Waals surface area contributed by atoms with E-state index < -0.39 is 0 Å². The summed E-state index contributed by atoms with van der Waals surface area (Å²) in [7, 11) is 1.41. The quantitative estimate of drug-likeness (QED) is 0.889. The number of pyridine rings is 1. The Morgan fingerprint density at radius 2 is 2.32 bits per heavy atom. The summed E-state index contributed by atoms with van der Waals surface area (Å²) in [5.41, 5.74) is -0.353. The average Bonchev–Trinajstić information content (AvgIpc) is 2.77. The molecule has 1 amide bonds. The van der Waals surface area contributed by atoms with Gasteiger partial charge in [0.15, 0.2) is 5.75 Å². The van der Waals surface area contributed by atoms with E-state index in [0.717, 1.165) is 5.01 Å². The molecule has 8 heteroatoms. The number of amides is 1. The molecule has 0 atom stereocenters. The Bertz CT molecular complexity index is 649. The Kier molecular flexibility index (Phi) is 3.91. The molecule has 0 fully saturated rings. The number of aryl methyl sites for hydroxylation is 1. The first-order valence-corrected chi connectivity index (χ1v) is 6.25. The topological polar surface area (TPSA) is 86.1 Å². The zero-order chi connectivity index (χ0) is 13.8. The molecule has 2 rings (SSSR count). The van der Waals surface area contributed by atoms with Gasteiger partial charge in [-0.3, -0.25) is 14.9 Å². The second-order valence-corrected chi connectivity index (χ2v) is 4.87. The fraction of sp³-hybridized carbons (Fsp3) is 0.273. The van der Waals surface area contributed by atoms with Gasteiger partial charge in [-0.05, 0) is 19.1 Å². The fourth-order valence-electron chi connectivity index (χ4n) is 1.46. The van der Waals surface area contributed by atoms with Crippen molar-refractivity contribution in [3.8, 4) is 5.75 Å². The van der Waals surface area contributed by atoms with E-state index in [-0.39, 0.29) is 23.8 Å². The Balaban J connectivity index is 2.09. The van der Waals surface area contributed by atoms with Crippen LogP contribution in [-0.2, 0) is 11.3 Å². The minimum Gasteiger partial charge on any atom is -0.491 e. The molecule has 0 aliphatic rings. The summed E-state index contributed by atoms with van der Waals surface area (Å²) in [6, 6.07) is 3.19. The number of rotatable bonds is 4. The van der Waals surface area contributed by atoms with Crippen LogP contribution in [0.1, 0.15) is 5.01 Å². The molecule has 0 unspecified atom stereocenters. The van der Waals surface area contributed by atoms with Crippen molar-refractivity contribution in [2.45, 2.75) is 13.5 Å². The van der Waals surface area contributed by atoms with E-state index in [2.05, 4.69) is 15.5 Å². The highest BCUT2D eigenvalue weighted by Gasteiger charge is 2.09. The van der Waals surface area contributed by atoms with Gasteiger partial charge >= 0.3 is 0 Å². The molecule has 7 nitrogen and oxygen atoms in total. The second kappa shape index (κ2) is 5.61. The number of nitrogens with zero attached hydrogens (tertiary/aromatic N) is 3. The lowest BCUT2D eigenvalue weighted by Crippen LogP contribution is -2.27. The number of aromatic nitrogens is 3. The van der Waals surface area contributed by atoms with Crippen molar-refractivity contribution in [3.05, 3.63) is 33.7 Å². The molecule has 2 aromatic heterocycles. The predicted molar refractivity (Wildman–Crippen MR) is 70.5 cm³/mol. The highest BCUT2D eigenvalue weighted by Crippen LogP contribution is 2.13. The van der Waals surface area contributed by atoms with Gasteiger partial charge < -0.3 is 9.30 Å². The van der Waals surface area contributed by atoms with Crippen LogP contribution in [0.5, 0.6) is 5.75 Å². The van der Waals surface area contributed by atoms with Gasteiger partial charge in [0.2, 0.25) is 11.0 Å². The first kappa shape index (κ1) is 13.2. The van der Waals surface area contributed by atoms with Crippen molar-refractivity contribution >= 4 is 22.4 Å². The lowest BCUT2D eigenvalue weighted by atomic mass is 10.4. The zero-order valence-electron chi connectivity index (χ0n) is 10.4. The summed E-state index contributed by atoms with van der Waals surface area (Å²) in [6.07, 6.45) is 1.52. The molecule has 0 aromatic carbocycles. The maximum atomic E-state index is 11.8. The minimum absolute atomic E-state index is 0.103. The summed E-state index contributed by atoms with van der Waals surface area (Å²) >= 11 is 1.27. The number of carbonyl (C=O) groups excluding carboxylic acids is 1. The van der Waals surface area contributed by atoms with Gasteiger partial charge in [-0.2, -0.15) is 0 Å². The minimum atomic E-state index is -0.353. The van der Waals surface area contributed by atoms with E-state index in [1.54, 1.807) is 19.1 Å². The van der Waals surface area contributed by atoms with E-state index in [9.17, 15) is 9.59 Å². The monoisotopic (exact) mass is 280 g/mol. The number of ether oxygens (including phenoxy) is 1. The van der Waals surface area contributed by atoms with Crippen LogP contribution in [0.4, 0.5) is 5.13 Å². The zero-order valence-corrected chi connectivity index (χ0v) is 11.2. The number of carbonyl (C=O) groups is 1. The second-order valence-electron chi connectivity index (χ2n) is 3.68. The molecule has 0 aliphatic carbocycles. The van der Waals surface area contributed by atoms with E-state index in [1.807, 2.05) is 0 Å². The molecular formula is C11H12N4O3S. The van der Waals surface area contributed by atoms with Gasteiger partial charge in [-0.25, -0.2) is 0 Å². The maximum absolute atomic E-state index is 11.8.